The Morgan fingerprint density at radius 2 is 2.04 bits per heavy atom. The van der Waals surface area contributed by atoms with E-state index in [4.69, 9.17) is 0 Å². The Morgan fingerprint density at radius 1 is 1.25 bits per heavy atom. The molecule has 0 aromatic carbocycles. The summed E-state index contributed by atoms with van der Waals surface area (Å²) in [4.78, 5) is 6.00. The van der Waals surface area contributed by atoms with Gasteiger partial charge in [-0.25, -0.2) is 18.1 Å². The lowest BCUT2D eigenvalue weighted by molar-refractivity contribution is 0.401. The Hall–Kier alpha value is -2.00. The first kappa shape index (κ1) is 15.5. The molecule has 0 spiro atoms. The van der Waals surface area contributed by atoms with Gasteiger partial charge in [-0.15, -0.1) is 5.10 Å². The molecule has 0 radical (unpaired) electrons. The molecule has 2 aliphatic rings. The van der Waals surface area contributed by atoms with Gasteiger partial charge < -0.3 is 9.47 Å². The van der Waals surface area contributed by atoms with Crippen LogP contribution in [0.1, 0.15) is 24.5 Å². The Morgan fingerprint density at radius 3 is 2.62 bits per heavy atom. The molecule has 1 aliphatic carbocycles. The summed E-state index contributed by atoms with van der Waals surface area (Å²) < 4.78 is 28.5. The monoisotopic (exact) mass is 348 g/mol. The van der Waals surface area contributed by atoms with Crippen LogP contribution in [0, 0.1) is 5.92 Å². The molecule has 1 saturated carbocycles. The largest absolute Gasteiger partial charge is 0.354 e. The second-order valence-corrected chi connectivity index (χ2v) is 8.19. The van der Waals surface area contributed by atoms with E-state index in [1.54, 1.807) is 13.2 Å². The first-order chi connectivity index (χ1) is 11.5. The summed E-state index contributed by atoms with van der Waals surface area (Å²) in [7, 11) is -1.89. The molecule has 1 saturated heterocycles. The molecule has 1 N–H and O–H groups in total. The summed E-state index contributed by atoms with van der Waals surface area (Å²) in [5.41, 5.74) is 1.08. The quantitative estimate of drug-likeness (QED) is 0.817. The van der Waals surface area contributed by atoms with Gasteiger partial charge in [0, 0.05) is 50.9 Å². The molecule has 2 fully saturated rings. The van der Waals surface area contributed by atoms with Crippen molar-refractivity contribution >= 4 is 15.8 Å². The summed E-state index contributed by atoms with van der Waals surface area (Å²) in [6, 6.07) is 4.06. The van der Waals surface area contributed by atoms with Crippen LogP contribution < -0.4 is 9.62 Å². The summed E-state index contributed by atoms with van der Waals surface area (Å²) in [5.74, 6) is 1.74. The van der Waals surface area contributed by atoms with Crippen molar-refractivity contribution in [2.24, 2.45) is 13.0 Å². The zero-order chi connectivity index (χ0) is 16.7. The molecular formula is C15H20N6O2S. The van der Waals surface area contributed by atoms with Crippen LogP contribution in [-0.4, -0.2) is 47.8 Å². The molecule has 0 unspecified atom stereocenters. The number of aromatic nitrogens is 4. The highest BCUT2D eigenvalue weighted by atomic mass is 32.2. The third kappa shape index (κ3) is 3.01. The zero-order valence-corrected chi connectivity index (χ0v) is 14.3. The Labute approximate surface area is 141 Å². The van der Waals surface area contributed by atoms with E-state index in [0.29, 0.717) is 12.5 Å². The normalized spacial score (nSPS) is 18.6. The molecule has 3 heterocycles. The van der Waals surface area contributed by atoms with Crippen molar-refractivity contribution in [1.29, 1.82) is 0 Å². The van der Waals surface area contributed by atoms with Crippen LogP contribution in [-0.2, 0) is 17.1 Å². The minimum Gasteiger partial charge on any atom is -0.354 e. The van der Waals surface area contributed by atoms with Crippen molar-refractivity contribution in [2.75, 3.05) is 24.5 Å². The van der Waals surface area contributed by atoms with Gasteiger partial charge in [0.05, 0.1) is 5.69 Å². The van der Waals surface area contributed by atoms with E-state index in [2.05, 4.69) is 30.9 Å². The van der Waals surface area contributed by atoms with Crippen LogP contribution in [0.2, 0.25) is 0 Å². The van der Waals surface area contributed by atoms with Gasteiger partial charge >= 0.3 is 0 Å². The van der Waals surface area contributed by atoms with Crippen molar-refractivity contribution in [1.82, 2.24) is 24.5 Å². The highest BCUT2D eigenvalue weighted by molar-refractivity contribution is 7.89. The van der Waals surface area contributed by atoms with Crippen molar-refractivity contribution in [3.63, 3.8) is 0 Å². The molecule has 1 aliphatic heterocycles. The predicted octanol–water partition coefficient (Wildman–Crippen LogP) is 0.502. The standard InChI is InChI=1S/C15H20N6O2S/c1-20-7-6-16-15(20)24(22,23)17-8-11-9-21(10-11)14-5-4-13(18-19-14)12-2-3-12/h4-7,11-12,17H,2-3,8-10H2,1H3. The van der Waals surface area contributed by atoms with Gasteiger partial charge in [-0.1, -0.05) is 0 Å². The van der Waals surface area contributed by atoms with E-state index in [-0.39, 0.29) is 11.1 Å². The molecule has 8 nitrogen and oxygen atoms in total. The fourth-order valence-electron chi connectivity index (χ4n) is 2.89. The molecule has 4 rings (SSSR count). The molecule has 9 heteroatoms. The van der Waals surface area contributed by atoms with Crippen LogP contribution in [0.25, 0.3) is 0 Å². The number of rotatable bonds is 6. The number of aryl methyl sites for hydroxylation is 1. The van der Waals surface area contributed by atoms with Gasteiger partial charge in [-0.2, -0.15) is 5.10 Å². The number of hydrogen-bond acceptors (Lipinski definition) is 6. The van der Waals surface area contributed by atoms with Gasteiger partial charge in [-0.05, 0) is 25.0 Å². The number of anilines is 1. The summed E-state index contributed by atoms with van der Waals surface area (Å²) in [6.45, 7) is 1.96. The lowest BCUT2D eigenvalue weighted by Crippen LogP contribution is -2.52. The summed E-state index contributed by atoms with van der Waals surface area (Å²) >= 11 is 0. The topological polar surface area (TPSA) is 93.0 Å². The van der Waals surface area contributed by atoms with Crippen LogP contribution in [0.3, 0.4) is 0 Å². The number of nitrogens with zero attached hydrogens (tertiary/aromatic N) is 5. The van der Waals surface area contributed by atoms with Crippen LogP contribution >= 0.6 is 0 Å². The van der Waals surface area contributed by atoms with E-state index < -0.39 is 10.0 Å². The van der Waals surface area contributed by atoms with Crippen molar-refractivity contribution in [3.8, 4) is 0 Å². The Kier molecular flexibility index (Phi) is 3.76. The minimum absolute atomic E-state index is 0.0419. The second kappa shape index (κ2) is 5.82. The minimum atomic E-state index is -3.55. The average Bonchev–Trinajstić information content (AvgIpc) is 3.27. The third-order valence-electron chi connectivity index (χ3n) is 4.53. The van der Waals surface area contributed by atoms with Crippen molar-refractivity contribution in [2.45, 2.75) is 23.9 Å². The SMILES string of the molecule is Cn1ccnc1S(=O)(=O)NCC1CN(c2ccc(C3CC3)nn2)C1. The van der Waals surface area contributed by atoms with E-state index in [1.807, 2.05) is 6.07 Å². The van der Waals surface area contributed by atoms with E-state index >= 15 is 0 Å². The van der Waals surface area contributed by atoms with Crippen molar-refractivity contribution in [3.05, 3.63) is 30.2 Å². The van der Waals surface area contributed by atoms with Crippen LogP contribution in [0.5, 0.6) is 0 Å². The lowest BCUT2D eigenvalue weighted by atomic mass is 10.0. The first-order valence-corrected chi connectivity index (χ1v) is 9.57. The van der Waals surface area contributed by atoms with Gasteiger partial charge in [0.15, 0.2) is 5.82 Å². The van der Waals surface area contributed by atoms with Gasteiger partial charge in [0.2, 0.25) is 5.16 Å². The van der Waals surface area contributed by atoms with Crippen LogP contribution in [0.4, 0.5) is 5.82 Å². The Bertz CT molecular complexity index is 822. The van der Waals surface area contributed by atoms with Gasteiger partial charge in [0.25, 0.3) is 10.0 Å². The highest BCUT2D eigenvalue weighted by Crippen LogP contribution is 2.38. The maximum atomic E-state index is 12.2. The molecular weight excluding hydrogens is 328 g/mol. The van der Waals surface area contributed by atoms with E-state index in [1.165, 1.54) is 23.6 Å². The fraction of sp³-hybridized carbons (Fsp3) is 0.533. The van der Waals surface area contributed by atoms with Crippen LogP contribution in [0.15, 0.2) is 29.7 Å². The maximum absolute atomic E-state index is 12.2. The molecule has 0 amide bonds. The fourth-order valence-corrected chi connectivity index (χ4v) is 4.11. The molecule has 0 bridgehead atoms. The van der Waals surface area contributed by atoms with E-state index in [9.17, 15) is 8.42 Å². The second-order valence-electron chi connectivity index (χ2n) is 6.53. The molecule has 2 aromatic rings. The average molecular weight is 348 g/mol. The number of nitrogens with one attached hydrogen (secondary N) is 1. The smallest absolute Gasteiger partial charge is 0.274 e. The molecule has 0 atom stereocenters. The third-order valence-corrected chi connectivity index (χ3v) is 5.95. The molecule has 2 aromatic heterocycles. The predicted molar refractivity (Wildman–Crippen MR) is 88.1 cm³/mol. The van der Waals surface area contributed by atoms with Crippen molar-refractivity contribution < 1.29 is 8.42 Å². The summed E-state index contributed by atoms with van der Waals surface area (Å²) in [6.07, 6.45) is 5.53. The molecule has 24 heavy (non-hydrogen) atoms. The molecule has 128 valence electrons. The number of hydrogen-bond donors (Lipinski definition) is 1. The zero-order valence-electron chi connectivity index (χ0n) is 13.5. The highest BCUT2D eigenvalue weighted by Gasteiger charge is 2.31. The van der Waals surface area contributed by atoms with Gasteiger partial charge in [0.1, 0.15) is 0 Å². The Balaban J connectivity index is 1.29. The first-order valence-electron chi connectivity index (χ1n) is 8.08. The number of sulfonamides is 1. The lowest BCUT2D eigenvalue weighted by Gasteiger charge is -2.39. The van der Waals surface area contributed by atoms with Gasteiger partial charge in [-0.3, -0.25) is 0 Å². The maximum Gasteiger partial charge on any atom is 0.274 e. The van der Waals surface area contributed by atoms with E-state index in [0.717, 1.165) is 24.6 Å². The summed E-state index contributed by atoms with van der Waals surface area (Å²) in [5, 5.41) is 8.61. The number of imidazole rings is 1.